The Balaban J connectivity index is 1.37. The fourth-order valence-electron chi connectivity index (χ4n) is 5.22. The number of benzene rings is 2. The number of nitrogens with zero attached hydrogens (tertiary/aromatic N) is 4. The molecule has 5 rings (SSSR count). The molecular formula is C25H23IN4O3. The Kier molecular flexibility index (Phi) is 5.60. The van der Waals surface area contributed by atoms with Gasteiger partial charge in [0.1, 0.15) is 12.1 Å². The largest absolute Gasteiger partial charge is 0.332 e. The zero-order chi connectivity index (χ0) is 23.3. The van der Waals surface area contributed by atoms with Crippen LogP contribution in [0.15, 0.2) is 42.5 Å². The number of carbonyl (C=O) groups excluding carboxylic acids is 3. The van der Waals surface area contributed by atoms with Crippen LogP contribution in [-0.2, 0) is 11.2 Å². The Morgan fingerprint density at radius 2 is 1.94 bits per heavy atom. The van der Waals surface area contributed by atoms with E-state index in [1.807, 2.05) is 46.9 Å². The van der Waals surface area contributed by atoms with Crippen LogP contribution in [0.25, 0.3) is 0 Å². The number of hydrogen-bond donors (Lipinski definition) is 0. The minimum absolute atomic E-state index is 0.0872. The van der Waals surface area contributed by atoms with Gasteiger partial charge in [0.15, 0.2) is 0 Å². The first-order chi connectivity index (χ1) is 15.9. The zero-order valence-corrected chi connectivity index (χ0v) is 20.4. The Hall–Kier alpha value is -2.93. The number of urea groups is 1. The van der Waals surface area contributed by atoms with Crippen molar-refractivity contribution in [2.45, 2.75) is 50.7 Å². The number of hydrogen-bond acceptors (Lipinski definition) is 4. The number of anilines is 1. The third-order valence-corrected chi connectivity index (χ3v) is 7.77. The van der Waals surface area contributed by atoms with Gasteiger partial charge in [-0.25, -0.2) is 9.69 Å². The highest BCUT2D eigenvalue weighted by Crippen LogP contribution is 2.43. The van der Waals surface area contributed by atoms with E-state index in [4.69, 9.17) is 5.26 Å². The van der Waals surface area contributed by atoms with Gasteiger partial charge in [-0.15, -0.1) is 0 Å². The Bertz CT molecular complexity index is 1190. The number of aryl methyl sites for hydroxylation is 1. The highest BCUT2D eigenvalue weighted by molar-refractivity contribution is 14.1. The van der Waals surface area contributed by atoms with Gasteiger partial charge >= 0.3 is 6.03 Å². The van der Waals surface area contributed by atoms with Gasteiger partial charge in [-0.3, -0.25) is 9.59 Å². The van der Waals surface area contributed by atoms with Gasteiger partial charge in [0.05, 0.1) is 23.3 Å². The lowest BCUT2D eigenvalue weighted by molar-refractivity contribution is -0.121. The van der Waals surface area contributed by atoms with E-state index in [0.29, 0.717) is 33.4 Å². The predicted molar refractivity (Wildman–Crippen MR) is 131 cm³/mol. The van der Waals surface area contributed by atoms with Crippen LogP contribution >= 0.6 is 22.6 Å². The lowest BCUT2D eigenvalue weighted by Crippen LogP contribution is -2.54. The molecule has 2 bridgehead atoms. The summed E-state index contributed by atoms with van der Waals surface area (Å²) in [5, 5.41) is 9.17. The minimum atomic E-state index is -0.655. The second-order valence-corrected chi connectivity index (χ2v) is 9.96. The first-order valence-electron chi connectivity index (χ1n) is 11.2. The molecule has 0 aromatic heterocycles. The van der Waals surface area contributed by atoms with Crippen LogP contribution in [0.5, 0.6) is 0 Å². The van der Waals surface area contributed by atoms with E-state index >= 15 is 0 Å². The zero-order valence-electron chi connectivity index (χ0n) is 18.2. The molecule has 3 saturated heterocycles. The molecule has 3 aliphatic heterocycles. The van der Waals surface area contributed by atoms with E-state index in [-0.39, 0.29) is 29.9 Å². The van der Waals surface area contributed by atoms with Gasteiger partial charge in [-0.2, -0.15) is 5.26 Å². The maximum Gasteiger partial charge on any atom is 0.332 e. The van der Waals surface area contributed by atoms with E-state index < -0.39 is 6.04 Å². The van der Waals surface area contributed by atoms with E-state index in [1.54, 1.807) is 28.0 Å². The van der Waals surface area contributed by atoms with Crippen molar-refractivity contribution in [1.29, 1.82) is 5.26 Å². The highest BCUT2D eigenvalue weighted by Gasteiger charge is 2.62. The van der Waals surface area contributed by atoms with Crippen LogP contribution in [0.2, 0.25) is 0 Å². The van der Waals surface area contributed by atoms with Crippen molar-refractivity contribution in [1.82, 2.24) is 9.80 Å². The lowest BCUT2D eigenvalue weighted by Gasteiger charge is -2.35. The summed E-state index contributed by atoms with van der Waals surface area (Å²) in [5.41, 5.74) is 2.79. The van der Waals surface area contributed by atoms with Crippen molar-refractivity contribution in [3.8, 4) is 6.07 Å². The van der Waals surface area contributed by atoms with Crippen molar-refractivity contribution < 1.29 is 14.4 Å². The molecule has 2 aromatic carbocycles. The summed E-state index contributed by atoms with van der Waals surface area (Å²) in [6, 6.07) is 13.3. The maximum absolute atomic E-state index is 13.4. The number of imide groups is 1. The summed E-state index contributed by atoms with van der Waals surface area (Å²) in [6.07, 6.45) is 3.87. The van der Waals surface area contributed by atoms with Gasteiger partial charge in [-0.1, -0.05) is 25.5 Å². The van der Waals surface area contributed by atoms with Crippen LogP contribution in [-0.4, -0.2) is 52.3 Å². The summed E-state index contributed by atoms with van der Waals surface area (Å²) in [7, 11) is 0. The van der Waals surface area contributed by atoms with Crippen molar-refractivity contribution in [3.63, 3.8) is 0 Å². The molecule has 0 radical (unpaired) electrons. The van der Waals surface area contributed by atoms with E-state index in [9.17, 15) is 14.4 Å². The van der Waals surface area contributed by atoms with Crippen LogP contribution in [0, 0.1) is 14.9 Å². The fraction of sp³-hybridized carbons (Fsp3) is 0.360. The van der Waals surface area contributed by atoms with Crippen LogP contribution < -0.4 is 4.90 Å². The molecule has 0 saturated carbocycles. The van der Waals surface area contributed by atoms with Crippen molar-refractivity contribution in [3.05, 3.63) is 62.7 Å². The topological polar surface area (TPSA) is 84.7 Å². The normalized spacial score (nSPS) is 23.3. The fourth-order valence-corrected chi connectivity index (χ4v) is 5.84. The molecule has 168 valence electrons. The van der Waals surface area contributed by atoms with Crippen LogP contribution in [0.1, 0.15) is 47.7 Å². The number of piperazine rings is 1. The number of nitriles is 1. The third-order valence-electron chi connectivity index (χ3n) is 6.88. The second kappa shape index (κ2) is 8.45. The number of amides is 4. The molecule has 3 atom stereocenters. The number of fused-ring (bicyclic) bond motifs is 5. The highest BCUT2D eigenvalue weighted by atomic mass is 127. The van der Waals surface area contributed by atoms with Gasteiger partial charge in [-0.05, 0) is 77.7 Å². The second-order valence-electron chi connectivity index (χ2n) is 8.80. The van der Waals surface area contributed by atoms with E-state index in [2.05, 4.69) is 13.0 Å². The Labute approximate surface area is 206 Å². The molecule has 3 unspecified atom stereocenters. The Morgan fingerprint density at radius 1 is 1.18 bits per heavy atom. The summed E-state index contributed by atoms with van der Waals surface area (Å²) >= 11 is 2.03. The number of rotatable bonds is 5. The minimum Gasteiger partial charge on any atom is -0.331 e. The number of halogens is 1. The molecule has 3 heterocycles. The number of likely N-dealkylation sites (tertiary alicyclic amines) is 1. The molecule has 7 nitrogen and oxygen atoms in total. The van der Waals surface area contributed by atoms with Gasteiger partial charge in [0.2, 0.25) is 0 Å². The standard InChI is InChI=1S/C25H23IN4O3/c1-2-3-4-15-5-7-16(8-6-15)23(31)28-14-19-12-21(28)22-24(32)30(25(33)29(19)22)18-10-9-17(13-27)20(26)11-18/h5-11,19,21-22H,2-4,12,14H2,1H3. The molecule has 8 heteroatoms. The molecule has 0 N–H and O–H groups in total. The van der Waals surface area contributed by atoms with Crippen molar-refractivity contribution in [2.75, 3.05) is 11.4 Å². The maximum atomic E-state index is 13.4. The molecule has 0 spiro atoms. The van der Waals surface area contributed by atoms with E-state index in [1.165, 1.54) is 10.5 Å². The monoisotopic (exact) mass is 554 g/mol. The molecule has 2 aromatic rings. The summed E-state index contributed by atoms with van der Waals surface area (Å²) in [6.45, 7) is 2.59. The van der Waals surface area contributed by atoms with Gasteiger partial charge < -0.3 is 9.80 Å². The van der Waals surface area contributed by atoms with Crippen molar-refractivity contribution in [2.24, 2.45) is 0 Å². The summed E-state index contributed by atoms with van der Waals surface area (Å²) in [4.78, 5) is 44.4. The quantitative estimate of drug-likeness (QED) is 0.414. The third kappa shape index (κ3) is 3.50. The SMILES string of the molecule is CCCCc1ccc(C(=O)N2CC3CC2C2C(=O)N(c4ccc(C#N)c(I)c4)C(=O)N32)cc1. The molecule has 33 heavy (non-hydrogen) atoms. The Morgan fingerprint density at radius 3 is 2.61 bits per heavy atom. The average Bonchev–Trinajstić information content (AvgIpc) is 3.49. The first-order valence-corrected chi connectivity index (χ1v) is 12.3. The lowest BCUT2D eigenvalue weighted by atomic mass is 10.0. The number of unbranched alkanes of at least 4 members (excludes halogenated alkanes) is 1. The predicted octanol–water partition coefficient (Wildman–Crippen LogP) is 3.94. The molecular weight excluding hydrogens is 531 g/mol. The van der Waals surface area contributed by atoms with Gasteiger partial charge in [0, 0.05) is 15.7 Å². The number of carbonyl (C=O) groups is 3. The van der Waals surface area contributed by atoms with Crippen LogP contribution in [0.3, 0.4) is 0 Å². The van der Waals surface area contributed by atoms with Crippen molar-refractivity contribution >= 4 is 46.1 Å². The summed E-state index contributed by atoms with van der Waals surface area (Å²) < 4.78 is 0.683. The first kappa shape index (κ1) is 21.9. The molecule has 3 aliphatic rings. The van der Waals surface area contributed by atoms with E-state index in [0.717, 1.165) is 19.3 Å². The molecule has 0 aliphatic carbocycles. The summed E-state index contributed by atoms with van der Waals surface area (Å²) in [5.74, 6) is -0.392. The molecule has 3 fully saturated rings. The van der Waals surface area contributed by atoms with Crippen LogP contribution in [0.4, 0.5) is 10.5 Å². The van der Waals surface area contributed by atoms with Gasteiger partial charge in [0.25, 0.3) is 11.8 Å². The average molecular weight is 554 g/mol. The molecule has 4 amide bonds. The smallest absolute Gasteiger partial charge is 0.331 e.